The highest BCUT2D eigenvalue weighted by molar-refractivity contribution is 5.32. The highest BCUT2D eigenvalue weighted by atomic mass is 16.5. The van der Waals surface area contributed by atoms with Gasteiger partial charge in [-0.05, 0) is 55.2 Å². The van der Waals surface area contributed by atoms with Crippen LogP contribution >= 0.6 is 0 Å². The molecule has 0 amide bonds. The minimum atomic E-state index is -0.467. The number of aryl methyl sites for hydroxylation is 2. The topological polar surface area (TPSA) is 29.5 Å². The SMILES string of the molecule is Cc1ccc(COc2cccc(C(C)O)c2)cc1C. The molecule has 2 aromatic carbocycles. The minimum Gasteiger partial charge on any atom is -0.489 e. The average Bonchev–Trinajstić information content (AvgIpc) is 2.40. The van der Waals surface area contributed by atoms with Crippen LogP contribution in [-0.2, 0) is 6.61 Å². The fourth-order valence-corrected chi connectivity index (χ4v) is 1.92. The highest BCUT2D eigenvalue weighted by Crippen LogP contribution is 2.20. The first kappa shape index (κ1) is 13.6. The van der Waals surface area contributed by atoms with E-state index in [-0.39, 0.29) is 0 Å². The molecule has 2 aromatic rings. The molecular weight excluding hydrogens is 236 g/mol. The van der Waals surface area contributed by atoms with Crippen molar-refractivity contribution in [2.75, 3.05) is 0 Å². The van der Waals surface area contributed by atoms with Gasteiger partial charge in [0.15, 0.2) is 0 Å². The van der Waals surface area contributed by atoms with E-state index in [1.807, 2.05) is 24.3 Å². The van der Waals surface area contributed by atoms with Crippen molar-refractivity contribution in [2.45, 2.75) is 33.5 Å². The van der Waals surface area contributed by atoms with Crippen LogP contribution in [0.2, 0.25) is 0 Å². The molecule has 100 valence electrons. The van der Waals surface area contributed by atoms with Gasteiger partial charge in [-0.25, -0.2) is 0 Å². The predicted molar refractivity (Wildman–Crippen MR) is 77.3 cm³/mol. The summed E-state index contributed by atoms with van der Waals surface area (Å²) in [5, 5.41) is 9.54. The minimum absolute atomic E-state index is 0.467. The molecule has 0 bridgehead atoms. The molecular formula is C17H20O2. The molecule has 0 saturated heterocycles. The van der Waals surface area contributed by atoms with Crippen LogP contribution in [0.3, 0.4) is 0 Å². The van der Waals surface area contributed by atoms with E-state index in [1.54, 1.807) is 6.92 Å². The number of rotatable bonds is 4. The lowest BCUT2D eigenvalue weighted by Crippen LogP contribution is -1.98. The second-order valence-electron chi connectivity index (χ2n) is 4.96. The molecule has 0 aliphatic heterocycles. The molecule has 0 aliphatic rings. The van der Waals surface area contributed by atoms with Crippen LogP contribution in [0.5, 0.6) is 5.75 Å². The maximum absolute atomic E-state index is 9.54. The lowest BCUT2D eigenvalue weighted by molar-refractivity contribution is 0.198. The number of hydrogen-bond acceptors (Lipinski definition) is 2. The Kier molecular flexibility index (Phi) is 4.23. The largest absolute Gasteiger partial charge is 0.489 e. The zero-order valence-electron chi connectivity index (χ0n) is 11.7. The van der Waals surface area contributed by atoms with Gasteiger partial charge < -0.3 is 9.84 Å². The smallest absolute Gasteiger partial charge is 0.120 e. The number of aliphatic hydroxyl groups is 1. The first-order valence-corrected chi connectivity index (χ1v) is 6.53. The van der Waals surface area contributed by atoms with Crippen molar-refractivity contribution in [3.63, 3.8) is 0 Å². The molecule has 0 fully saturated rings. The Hall–Kier alpha value is -1.80. The van der Waals surface area contributed by atoms with Crippen molar-refractivity contribution in [1.82, 2.24) is 0 Å². The van der Waals surface area contributed by atoms with Gasteiger partial charge in [-0.1, -0.05) is 30.3 Å². The third-order valence-electron chi connectivity index (χ3n) is 3.32. The van der Waals surface area contributed by atoms with E-state index in [0.717, 1.165) is 16.9 Å². The van der Waals surface area contributed by atoms with Gasteiger partial charge in [-0.3, -0.25) is 0 Å². The molecule has 1 N–H and O–H groups in total. The van der Waals surface area contributed by atoms with Gasteiger partial charge in [0.25, 0.3) is 0 Å². The fraction of sp³-hybridized carbons (Fsp3) is 0.294. The number of benzene rings is 2. The fourth-order valence-electron chi connectivity index (χ4n) is 1.92. The van der Waals surface area contributed by atoms with Crippen molar-refractivity contribution < 1.29 is 9.84 Å². The molecule has 2 heteroatoms. The highest BCUT2D eigenvalue weighted by Gasteiger charge is 2.03. The third kappa shape index (κ3) is 3.58. The molecule has 1 unspecified atom stereocenters. The van der Waals surface area contributed by atoms with Crippen molar-refractivity contribution in [1.29, 1.82) is 0 Å². The summed E-state index contributed by atoms with van der Waals surface area (Å²) in [7, 11) is 0. The van der Waals surface area contributed by atoms with E-state index in [0.29, 0.717) is 6.61 Å². The predicted octanol–water partition coefficient (Wildman–Crippen LogP) is 3.94. The number of hydrogen-bond donors (Lipinski definition) is 1. The lowest BCUT2D eigenvalue weighted by Gasteiger charge is -2.10. The molecule has 0 aromatic heterocycles. The zero-order chi connectivity index (χ0) is 13.8. The van der Waals surface area contributed by atoms with E-state index in [2.05, 4.69) is 32.0 Å². The molecule has 2 nitrogen and oxygen atoms in total. The van der Waals surface area contributed by atoms with Crippen LogP contribution < -0.4 is 4.74 Å². The second kappa shape index (κ2) is 5.89. The van der Waals surface area contributed by atoms with Gasteiger partial charge in [0.1, 0.15) is 12.4 Å². The van der Waals surface area contributed by atoms with Gasteiger partial charge in [-0.15, -0.1) is 0 Å². The van der Waals surface area contributed by atoms with Crippen LogP contribution in [0.15, 0.2) is 42.5 Å². The van der Waals surface area contributed by atoms with Gasteiger partial charge >= 0.3 is 0 Å². The summed E-state index contributed by atoms with van der Waals surface area (Å²) in [6.07, 6.45) is -0.467. The van der Waals surface area contributed by atoms with Gasteiger partial charge in [-0.2, -0.15) is 0 Å². The third-order valence-corrected chi connectivity index (χ3v) is 3.32. The molecule has 0 saturated carbocycles. The van der Waals surface area contributed by atoms with E-state index >= 15 is 0 Å². The zero-order valence-corrected chi connectivity index (χ0v) is 11.7. The van der Waals surface area contributed by atoms with Gasteiger partial charge in [0.2, 0.25) is 0 Å². The van der Waals surface area contributed by atoms with E-state index in [4.69, 9.17) is 4.74 Å². The van der Waals surface area contributed by atoms with Gasteiger partial charge in [0, 0.05) is 0 Å². The van der Waals surface area contributed by atoms with Crippen LogP contribution in [0.25, 0.3) is 0 Å². The maximum Gasteiger partial charge on any atom is 0.120 e. The summed E-state index contributed by atoms with van der Waals surface area (Å²) in [5.74, 6) is 0.789. The molecule has 0 heterocycles. The van der Waals surface area contributed by atoms with E-state index in [1.165, 1.54) is 11.1 Å². The number of aliphatic hydroxyl groups excluding tert-OH is 1. The van der Waals surface area contributed by atoms with Crippen LogP contribution in [0.4, 0.5) is 0 Å². The monoisotopic (exact) mass is 256 g/mol. The molecule has 0 spiro atoms. The van der Waals surface area contributed by atoms with E-state index in [9.17, 15) is 5.11 Å². The lowest BCUT2D eigenvalue weighted by atomic mass is 10.1. The van der Waals surface area contributed by atoms with Crippen molar-refractivity contribution in [2.24, 2.45) is 0 Å². The number of ether oxygens (including phenoxy) is 1. The van der Waals surface area contributed by atoms with Crippen LogP contribution in [-0.4, -0.2) is 5.11 Å². The maximum atomic E-state index is 9.54. The Labute approximate surface area is 114 Å². The summed E-state index contributed by atoms with van der Waals surface area (Å²) in [5.41, 5.74) is 4.60. The Morgan fingerprint density at radius 1 is 1.05 bits per heavy atom. The standard InChI is InChI=1S/C17H20O2/c1-12-7-8-15(9-13(12)2)11-19-17-6-4-5-16(10-17)14(3)18/h4-10,14,18H,11H2,1-3H3. The summed E-state index contributed by atoms with van der Waals surface area (Å²) in [4.78, 5) is 0. The first-order valence-electron chi connectivity index (χ1n) is 6.53. The quantitative estimate of drug-likeness (QED) is 0.898. The van der Waals surface area contributed by atoms with Crippen molar-refractivity contribution in [3.8, 4) is 5.75 Å². The summed E-state index contributed by atoms with van der Waals surface area (Å²) < 4.78 is 5.77. The van der Waals surface area contributed by atoms with Crippen LogP contribution in [0.1, 0.15) is 35.3 Å². The van der Waals surface area contributed by atoms with E-state index < -0.39 is 6.10 Å². The van der Waals surface area contributed by atoms with Gasteiger partial charge in [0.05, 0.1) is 6.10 Å². The Morgan fingerprint density at radius 2 is 1.84 bits per heavy atom. The van der Waals surface area contributed by atoms with Crippen molar-refractivity contribution >= 4 is 0 Å². The van der Waals surface area contributed by atoms with Crippen LogP contribution in [0, 0.1) is 13.8 Å². The Morgan fingerprint density at radius 3 is 2.53 bits per heavy atom. The normalized spacial score (nSPS) is 12.2. The Balaban J connectivity index is 2.05. The Bertz CT molecular complexity index is 559. The summed E-state index contributed by atoms with van der Waals surface area (Å²) >= 11 is 0. The molecule has 19 heavy (non-hydrogen) atoms. The summed E-state index contributed by atoms with van der Waals surface area (Å²) in [6.45, 7) is 6.51. The first-order chi connectivity index (χ1) is 9.06. The summed E-state index contributed by atoms with van der Waals surface area (Å²) in [6, 6.07) is 13.9. The molecule has 1 atom stereocenters. The average molecular weight is 256 g/mol. The second-order valence-corrected chi connectivity index (χ2v) is 4.96. The molecule has 2 rings (SSSR count). The molecule has 0 radical (unpaired) electrons. The van der Waals surface area contributed by atoms with Crippen molar-refractivity contribution in [3.05, 3.63) is 64.7 Å². The molecule has 0 aliphatic carbocycles.